The normalized spacial score (nSPS) is 28.1. The van der Waals surface area contributed by atoms with Crippen molar-refractivity contribution in [2.45, 2.75) is 24.7 Å². The van der Waals surface area contributed by atoms with E-state index in [1.54, 1.807) is 0 Å². The van der Waals surface area contributed by atoms with Gasteiger partial charge in [0.05, 0.1) is 12.7 Å². The van der Waals surface area contributed by atoms with Crippen LogP contribution in [0.5, 0.6) is 0 Å². The number of halogens is 1. The molecule has 0 unspecified atom stereocenters. The number of rotatable bonds is 2. The highest BCUT2D eigenvalue weighted by Gasteiger charge is 2.34. The zero-order chi connectivity index (χ0) is 12.7. The van der Waals surface area contributed by atoms with Gasteiger partial charge < -0.3 is 19.9 Å². The van der Waals surface area contributed by atoms with Crippen molar-refractivity contribution in [2.24, 2.45) is 0 Å². The van der Waals surface area contributed by atoms with Crippen LogP contribution < -0.4 is 0 Å². The minimum absolute atomic E-state index is 0.163. The Balaban J connectivity index is 1.91. The Morgan fingerprint density at radius 1 is 1.39 bits per heavy atom. The molecule has 18 heavy (non-hydrogen) atoms. The number of ether oxygens (including phenoxy) is 1. The lowest BCUT2D eigenvalue weighted by Gasteiger charge is -2.10. The van der Waals surface area contributed by atoms with E-state index in [0.29, 0.717) is 11.4 Å². The summed E-state index contributed by atoms with van der Waals surface area (Å²) in [4.78, 5) is 3.25. The number of nitrogens with one attached hydrogen (secondary N) is 1. The summed E-state index contributed by atoms with van der Waals surface area (Å²) < 4.78 is 5.60. The fourth-order valence-corrected chi connectivity index (χ4v) is 2.57. The summed E-state index contributed by atoms with van der Waals surface area (Å²) in [6.07, 6.45) is -0.825. The molecule has 1 saturated heterocycles. The molecule has 1 fully saturated rings. The van der Waals surface area contributed by atoms with E-state index in [4.69, 9.17) is 21.4 Å². The zero-order valence-corrected chi connectivity index (χ0v) is 10.4. The SMILES string of the molecule is OC[C@H]1O[C@@H](c2cc3cc(Cl)ccc3[nH]2)C[C@@H]1O. The minimum atomic E-state index is -0.616. The largest absolute Gasteiger partial charge is 0.394 e. The highest BCUT2D eigenvalue weighted by Crippen LogP contribution is 2.34. The average Bonchev–Trinajstić information content (AvgIpc) is 2.91. The van der Waals surface area contributed by atoms with Crippen molar-refractivity contribution in [1.29, 1.82) is 0 Å². The molecule has 2 aromatic rings. The number of aromatic nitrogens is 1. The maximum Gasteiger partial charge on any atom is 0.107 e. The minimum Gasteiger partial charge on any atom is -0.394 e. The topological polar surface area (TPSA) is 65.5 Å². The molecule has 1 aromatic heterocycles. The van der Waals surface area contributed by atoms with Gasteiger partial charge in [-0.05, 0) is 24.3 Å². The van der Waals surface area contributed by atoms with Crippen LogP contribution in [-0.4, -0.2) is 34.0 Å². The molecule has 3 rings (SSSR count). The van der Waals surface area contributed by atoms with Gasteiger partial charge in [0, 0.05) is 28.0 Å². The lowest BCUT2D eigenvalue weighted by atomic mass is 10.1. The number of aliphatic hydroxyl groups is 2. The first-order chi connectivity index (χ1) is 8.67. The van der Waals surface area contributed by atoms with Crippen molar-refractivity contribution in [3.63, 3.8) is 0 Å². The smallest absolute Gasteiger partial charge is 0.107 e. The van der Waals surface area contributed by atoms with Gasteiger partial charge in [-0.1, -0.05) is 11.6 Å². The van der Waals surface area contributed by atoms with Crippen LogP contribution in [0.4, 0.5) is 0 Å². The molecule has 0 saturated carbocycles. The summed E-state index contributed by atoms with van der Waals surface area (Å²) in [5.74, 6) is 0. The maximum absolute atomic E-state index is 9.72. The first kappa shape index (κ1) is 12.0. The fraction of sp³-hybridized carbons (Fsp3) is 0.385. The van der Waals surface area contributed by atoms with Crippen molar-refractivity contribution >= 4 is 22.5 Å². The Labute approximate surface area is 109 Å². The third kappa shape index (κ3) is 2.01. The summed E-state index contributed by atoms with van der Waals surface area (Å²) >= 11 is 5.94. The average molecular weight is 268 g/mol. The van der Waals surface area contributed by atoms with Gasteiger partial charge in [-0.2, -0.15) is 0 Å². The molecule has 0 radical (unpaired) electrons. The molecule has 1 aliphatic heterocycles. The van der Waals surface area contributed by atoms with Crippen molar-refractivity contribution in [1.82, 2.24) is 4.98 Å². The van der Waals surface area contributed by atoms with E-state index in [9.17, 15) is 5.11 Å². The highest BCUT2D eigenvalue weighted by molar-refractivity contribution is 6.31. The predicted molar refractivity (Wildman–Crippen MR) is 68.6 cm³/mol. The van der Waals surface area contributed by atoms with E-state index in [2.05, 4.69) is 4.98 Å². The second-order valence-electron chi connectivity index (χ2n) is 4.61. The van der Waals surface area contributed by atoms with Gasteiger partial charge >= 0.3 is 0 Å². The molecule has 0 aliphatic carbocycles. The molecule has 0 bridgehead atoms. The highest BCUT2D eigenvalue weighted by atomic mass is 35.5. The molecular weight excluding hydrogens is 254 g/mol. The Morgan fingerprint density at radius 2 is 2.22 bits per heavy atom. The maximum atomic E-state index is 9.72. The Bertz CT molecular complexity index is 568. The van der Waals surface area contributed by atoms with E-state index in [1.807, 2.05) is 24.3 Å². The summed E-state index contributed by atoms with van der Waals surface area (Å²) in [5.41, 5.74) is 1.89. The van der Waals surface area contributed by atoms with Crippen molar-refractivity contribution in [3.8, 4) is 0 Å². The number of fused-ring (bicyclic) bond motifs is 1. The first-order valence-corrected chi connectivity index (χ1v) is 6.27. The van der Waals surface area contributed by atoms with Crippen molar-refractivity contribution in [3.05, 3.63) is 35.0 Å². The molecule has 0 amide bonds. The van der Waals surface area contributed by atoms with Crippen LogP contribution in [-0.2, 0) is 4.74 Å². The molecule has 0 spiro atoms. The van der Waals surface area contributed by atoms with Crippen LogP contribution in [0.25, 0.3) is 10.9 Å². The van der Waals surface area contributed by atoms with Gasteiger partial charge in [-0.25, -0.2) is 0 Å². The number of hydrogen-bond acceptors (Lipinski definition) is 3. The molecule has 1 aliphatic rings. The number of benzene rings is 1. The Morgan fingerprint density at radius 3 is 2.94 bits per heavy atom. The van der Waals surface area contributed by atoms with Crippen LogP contribution in [0.1, 0.15) is 18.2 Å². The number of aromatic amines is 1. The summed E-state index contributed by atoms with van der Waals surface area (Å²) in [7, 11) is 0. The van der Waals surface area contributed by atoms with Gasteiger partial charge in [0.25, 0.3) is 0 Å². The van der Waals surface area contributed by atoms with Crippen LogP contribution in [0.3, 0.4) is 0 Å². The van der Waals surface area contributed by atoms with E-state index in [0.717, 1.165) is 16.6 Å². The lowest BCUT2D eigenvalue weighted by molar-refractivity contribution is -0.0234. The summed E-state index contributed by atoms with van der Waals surface area (Å²) in [6, 6.07) is 7.59. The van der Waals surface area contributed by atoms with Crippen LogP contribution in [0.15, 0.2) is 24.3 Å². The summed E-state index contributed by atoms with van der Waals surface area (Å²) in [6.45, 7) is -0.163. The van der Waals surface area contributed by atoms with Crippen molar-refractivity contribution < 1.29 is 14.9 Å². The van der Waals surface area contributed by atoms with Crippen LogP contribution in [0, 0.1) is 0 Å². The van der Waals surface area contributed by atoms with E-state index in [1.165, 1.54) is 0 Å². The number of H-pyrrole nitrogens is 1. The second kappa shape index (κ2) is 4.55. The van der Waals surface area contributed by atoms with E-state index < -0.39 is 12.2 Å². The molecule has 2 heterocycles. The lowest BCUT2D eigenvalue weighted by Crippen LogP contribution is -2.24. The van der Waals surface area contributed by atoms with Gasteiger partial charge in [-0.3, -0.25) is 0 Å². The third-order valence-corrected chi connectivity index (χ3v) is 3.59. The molecule has 5 heteroatoms. The molecule has 96 valence electrons. The molecule has 3 atom stereocenters. The van der Waals surface area contributed by atoms with E-state index >= 15 is 0 Å². The first-order valence-electron chi connectivity index (χ1n) is 5.90. The molecule has 4 nitrogen and oxygen atoms in total. The van der Waals surface area contributed by atoms with E-state index in [-0.39, 0.29) is 12.7 Å². The number of hydrogen-bond donors (Lipinski definition) is 3. The van der Waals surface area contributed by atoms with Gasteiger partial charge in [0.1, 0.15) is 12.2 Å². The predicted octanol–water partition coefficient (Wildman–Crippen LogP) is 2.00. The van der Waals surface area contributed by atoms with Crippen molar-refractivity contribution in [2.75, 3.05) is 6.61 Å². The van der Waals surface area contributed by atoms with Gasteiger partial charge in [0.15, 0.2) is 0 Å². The molecule has 1 aromatic carbocycles. The quantitative estimate of drug-likeness (QED) is 0.780. The monoisotopic (exact) mass is 267 g/mol. The molecular formula is C13H14ClNO3. The fourth-order valence-electron chi connectivity index (χ4n) is 2.39. The molecule has 3 N–H and O–H groups in total. The van der Waals surface area contributed by atoms with Gasteiger partial charge in [-0.15, -0.1) is 0 Å². The Kier molecular flexibility index (Phi) is 3.03. The second-order valence-corrected chi connectivity index (χ2v) is 5.04. The van der Waals surface area contributed by atoms with Crippen LogP contribution >= 0.6 is 11.6 Å². The Hall–Kier alpha value is -1.07. The van der Waals surface area contributed by atoms with Crippen LogP contribution in [0.2, 0.25) is 5.02 Å². The third-order valence-electron chi connectivity index (χ3n) is 3.35. The standard InChI is InChI=1S/C13H14ClNO3/c14-8-1-2-9-7(3-8)4-10(15-9)12-5-11(17)13(6-16)18-12/h1-4,11-13,15-17H,5-6H2/t11-,12+,13+/m0/s1. The number of aliphatic hydroxyl groups excluding tert-OH is 2. The van der Waals surface area contributed by atoms with Gasteiger partial charge in [0.2, 0.25) is 0 Å². The summed E-state index contributed by atoms with van der Waals surface area (Å²) in [5, 5.41) is 20.5. The zero-order valence-electron chi connectivity index (χ0n) is 9.64.